The van der Waals surface area contributed by atoms with Crippen molar-refractivity contribution in [3.8, 4) is 5.75 Å². The Labute approximate surface area is 134 Å². The molecule has 0 aromatic heterocycles. The molecule has 0 atom stereocenters. The van der Waals surface area contributed by atoms with Gasteiger partial charge in [-0.15, -0.1) is 0 Å². The maximum Gasteiger partial charge on any atom is 0.277 e. The molecule has 0 aliphatic rings. The summed E-state index contributed by atoms with van der Waals surface area (Å²) in [5.41, 5.74) is 5.34. The molecule has 22 heavy (non-hydrogen) atoms. The molecule has 0 radical (unpaired) electrons. The summed E-state index contributed by atoms with van der Waals surface area (Å²) in [5.74, 6) is 0.216. The Balaban J connectivity index is 1.86. The molecule has 0 heterocycles. The summed E-state index contributed by atoms with van der Waals surface area (Å²) < 4.78 is 5.34. The topological polar surface area (TPSA) is 50.7 Å². The van der Waals surface area contributed by atoms with Crippen LogP contribution >= 0.6 is 11.6 Å². The summed E-state index contributed by atoms with van der Waals surface area (Å²) in [6.45, 7) is 3.74. The summed E-state index contributed by atoms with van der Waals surface area (Å²) >= 11 is 5.84. The minimum Gasteiger partial charge on any atom is -0.484 e. The molecule has 0 aliphatic carbocycles. The highest BCUT2D eigenvalue weighted by atomic mass is 35.5. The van der Waals surface area contributed by atoms with E-state index in [1.54, 1.807) is 24.3 Å². The number of benzene rings is 2. The molecular weight excluding hydrogens is 300 g/mol. The Hall–Kier alpha value is -2.33. The Morgan fingerprint density at radius 1 is 1.23 bits per heavy atom. The molecule has 0 spiro atoms. The Morgan fingerprint density at radius 2 is 1.95 bits per heavy atom. The predicted octanol–water partition coefficient (Wildman–Crippen LogP) is 3.57. The minimum absolute atomic E-state index is 0.120. The molecule has 2 rings (SSSR count). The zero-order chi connectivity index (χ0) is 15.9. The zero-order valence-electron chi connectivity index (χ0n) is 12.5. The number of rotatable bonds is 5. The van der Waals surface area contributed by atoms with Crippen molar-refractivity contribution in [2.24, 2.45) is 5.10 Å². The molecule has 0 fully saturated rings. The number of hydrazone groups is 1. The van der Waals surface area contributed by atoms with Crippen LogP contribution in [0.3, 0.4) is 0 Å². The number of hydrogen-bond acceptors (Lipinski definition) is 3. The molecule has 0 unspecified atom stereocenters. The summed E-state index contributed by atoms with van der Waals surface area (Å²) in [5, 5.41) is 4.63. The van der Waals surface area contributed by atoms with Crippen LogP contribution in [-0.2, 0) is 4.79 Å². The molecule has 0 saturated carbocycles. The van der Waals surface area contributed by atoms with Crippen molar-refractivity contribution in [1.82, 2.24) is 5.43 Å². The lowest BCUT2D eigenvalue weighted by Gasteiger charge is -2.06. The van der Waals surface area contributed by atoms with E-state index in [-0.39, 0.29) is 12.5 Å². The summed E-state index contributed by atoms with van der Waals surface area (Å²) in [7, 11) is 0. The van der Waals surface area contributed by atoms with E-state index in [1.807, 2.05) is 38.1 Å². The SMILES string of the molecule is C/C(=N/NC(=O)COc1cccc(Cl)c1)c1ccc(C)cc1. The van der Waals surface area contributed by atoms with Gasteiger partial charge in [0, 0.05) is 5.02 Å². The molecule has 0 aliphatic heterocycles. The molecule has 0 bridgehead atoms. The number of nitrogens with one attached hydrogen (secondary N) is 1. The first-order chi connectivity index (χ1) is 10.5. The van der Waals surface area contributed by atoms with Crippen molar-refractivity contribution in [2.75, 3.05) is 6.61 Å². The average molecular weight is 317 g/mol. The maximum atomic E-state index is 11.7. The van der Waals surface area contributed by atoms with Crippen LogP contribution in [0.1, 0.15) is 18.1 Å². The van der Waals surface area contributed by atoms with E-state index in [4.69, 9.17) is 16.3 Å². The van der Waals surface area contributed by atoms with Crippen LogP contribution in [0.25, 0.3) is 0 Å². The van der Waals surface area contributed by atoms with Gasteiger partial charge in [0.05, 0.1) is 5.71 Å². The highest BCUT2D eigenvalue weighted by Crippen LogP contribution is 2.16. The fraction of sp³-hybridized carbons (Fsp3) is 0.176. The lowest BCUT2D eigenvalue weighted by atomic mass is 10.1. The van der Waals surface area contributed by atoms with E-state index in [0.717, 1.165) is 11.3 Å². The lowest BCUT2D eigenvalue weighted by Crippen LogP contribution is -2.25. The van der Waals surface area contributed by atoms with E-state index in [9.17, 15) is 4.79 Å². The van der Waals surface area contributed by atoms with Gasteiger partial charge < -0.3 is 4.74 Å². The van der Waals surface area contributed by atoms with Crippen molar-refractivity contribution in [3.63, 3.8) is 0 Å². The standard InChI is InChI=1S/C17H17ClN2O2/c1-12-6-8-14(9-7-12)13(2)19-20-17(21)11-22-16-5-3-4-15(18)10-16/h3-10H,11H2,1-2H3,(H,20,21)/b19-13-. The van der Waals surface area contributed by atoms with Gasteiger partial charge in [-0.2, -0.15) is 5.10 Å². The van der Waals surface area contributed by atoms with Gasteiger partial charge >= 0.3 is 0 Å². The van der Waals surface area contributed by atoms with Crippen LogP contribution in [-0.4, -0.2) is 18.2 Å². The van der Waals surface area contributed by atoms with Gasteiger partial charge in [0.15, 0.2) is 6.61 Å². The van der Waals surface area contributed by atoms with Crippen molar-refractivity contribution < 1.29 is 9.53 Å². The summed E-state index contributed by atoms with van der Waals surface area (Å²) in [6.07, 6.45) is 0. The van der Waals surface area contributed by atoms with E-state index in [1.165, 1.54) is 5.56 Å². The number of aryl methyl sites for hydroxylation is 1. The average Bonchev–Trinajstić information content (AvgIpc) is 2.51. The number of carbonyl (C=O) groups excluding carboxylic acids is 1. The highest BCUT2D eigenvalue weighted by Gasteiger charge is 2.03. The minimum atomic E-state index is -0.327. The summed E-state index contributed by atoms with van der Waals surface area (Å²) in [4.78, 5) is 11.7. The van der Waals surface area contributed by atoms with Crippen molar-refractivity contribution in [3.05, 3.63) is 64.7 Å². The molecule has 1 N–H and O–H groups in total. The predicted molar refractivity (Wildman–Crippen MR) is 88.5 cm³/mol. The van der Waals surface area contributed by atoms with Gasteiger partial charge in [-0.3, -0.25) is 4.79 Å². The molecule has 4 nitrogen and oxygen atoms in total. The smallest absolute Gasteiger partial charge is 0.277 e. The number of amides is 1. The van der Waals surface area contributed by atoms with Crippen LogP contribution in [0.5, 0.6) is 5.75 Å². The van der Waals surface area contributed by atoms with Crippen LogP contribution < -0.4 is 10.2 Å². The number of hydrogen-bond donors (Lipinski definition) is 1. The Morgan fingerprint density at radius 3 is 2.64 bits per heavy atom. The van der Waals surface area contributed by atoms with E-state index in [2.05, 4.69) is 10.5 Å². The molecule has 114 valence electrons. The number of ether oxygens (including phenoxy) is 1. The van der Waals surface area contributed by atoms with Gasteiger partial charge in [-0.25, -0.2) is 5.43 Å². The molecule has 2 aromatic carbocycles. The van der Waals surface area contributed by atoms with E-state index < -0.39 is 0 Å². The first-order valence-corrected chi connectivity index (χ1v) is 7.21. The molecular formula is C17H17ClN2O2. The third-order valence-corrected chi connectivity index (χ3v) is 3.22. The second-order valence-electron chi connectivity index (χ2n) is 4.84. The maximum absolute atomic E-state index is 11.7. The number of nitrogens with zero attached hydrogens (tertiary/aromatic N) is 1. The van der Waals surface area contributed by atoms with Gasteiger partial charge in [-0.05, 0) is 37.6 Å². The van der Waals surface area contributed by atoms with Gasteiger partial charge in [-0.1, -0.05) is 47.5 Å². The van der Waals surface area contributed by atoms with Gasteiger partial charge in [0.25, 0.3) is 5.91 Å². The van der Waals surface area contributed by atoms with Crippen molar-refractivity contribution in [2.45, 2.75) is 13.8 Å². The van der Waals surface area contributed by atoms with E-state index in [0.29, 0.717) is 10.8 Å². The van der Waals surface area contributed by atoms with E-state index >= 15 is 0 Å². The summed E-state index contributed by atoms with van der Waals surface area (Å²) in [6, 6.07) is 14.8. The Bertz CT molecular complexity index is 681. The third-order valence-electron chi connectivity index (χ3n) is 2.98. The van der Waals surface area contributed by atoms with Gasteiger partial charge in [0.2, 0.25) is 0 Å². The second-order valence-corrected chi connectivity index (χ2v) is 5.28. The molecule has 2 aromatic rings. The first kappa shape index (κ1) is 16.0. The number of halogens is 1. The van der Waals surface area contributed by atoms with Crippen LogP contribution in [0.2, 0.25) is 5.02 Å². The lowest BCUT2D eigenvalue weighted by molar-refractivity contribution is -0.123. The molecule has 5 heteroatoms. The van der Waals surface area contributed by atoms with Gasteiger partial charge in [0.1, 0.15) is 5.75 Å². The van der Waals surface area contributed by atoms with Crippen LogP contribution in [0, 0.1) is 6.92 Å². The third kappa shape index (κ3) is 4.90. The van der Waals surface area contributed by atoms with Crippen LogP contribution in [0.4, 0.5) is 0 Å². The fourth-order valence-electron chi connectivity index (χ4n) is 1.74. The second kappa shape index (κ2) is 7.61. The quantitative estimate of drug-likeness (QED) is 0.677. The molecule has 0 saturated heterocycles. The monoisotopic (exact) mass is 316 g/mol. The Kier molecular flexibility index (Phi) is 5.55. The van der Waals surface area contributed by atoms with Crippen LogP contribution in [0.15, 0.2) is 53.6 Å². The number of carbonyl (C=O) groups is 1. The largest absolute Gasteiger partial charge is 0.484 e. The normalized spacial score (nSPS) is 11.1. The first-order valence-electron chi connectivity index (χ1n) is 6.83. The molecule has 1 amide bonds. The van der Waals surface area contributed by atoms with Crippen molar-refractivity contribution >= 4 is 23.2 Å². The zero-order valence-corrected chi connectivity index (χ0v) is 13.2. The highest BCUT2D eigenvalue weighted by molar-refractivity contribution is 6.30. The fourth-order valence-corrected chi connectivity index (χ4v) is 1.92. The van der Waals surface area contributed by atoms with Crippen molar-refractivity contribution in [1.29, 1.82) is 0 Å².